The Morgan fingerprint density at radius 1 is 0.667 bits per heavy atom. The SMILES string of the molecule is CCCCCCCCCC/C=C/C(O)C(COP(=O)([O-])OCC[N+](C)(C)C)NC(=O)CCCCCCCCCCCCCCCCCCCCC. The van der Waals surface area contributed by atoms with Crippen LogP contribution in [0.2, 0.25) is 0 Å². The number of carbonyl (C=O) groups is 1. The van der Waals surface area contributed by atoms with E-state index in [1.807, 2.05) is 27.2 Å². The molecule has 9 heteroatoms. The van der Waals surface area contributed by atoms with Crippen LogP contribution in [-0.4, -0.2) is 68.5 Å². The van der Waals surface area contributed by atoms with Crippen molar-refractivity contribution in [1.29, 1.82) is 0 Å². The van der Waals surface area contributed by atoms with Gasteiger partial charge in [0.15, 0.2) is 0 Å². The number of nitrogens with zero attached hydrogens (tertiary/aromatic N) is 1. The first-order chi connectivity index (χ1) is 24.5. The van der Waals surface area contributed by atoms with E-state index in [4.69, 9.17) is 9.05 Å². The number of amides is 1. The van der Waals surface area contributed by atoms with Gasteiger partial charge in [-0.2, -0.15) is 0 Å². The molecule has 3 unspecified atom stereocenters. The maximum Gasteiger partial charge on any atom is 0.268 e. The van der Waals surface area contributed by atoms with Crippen LogP contribution in [0.3, 0.4) is 0 Å². The number of aliphatic hydroxyl groups excluding tert-OH is 1. The van der Waals surface area contributed by atoms with Gasteiger partial charge in [0.2, 0.25) is 5.91 Å². The molecule has 0 heterocycles. The van der Waals surface area contributed by atoms with Crippen LogP contribution in [0.25, 0.3) is 0 Å². The molecule has 304 valence electrons. The topological polar surface area (TPSA) is 108 Å². The Balaban J connectivity index is 4.30. The van der Waals surface area contributed by atoms with Crippen LogP contribution < -0.4 is 10.2 Å². The molecule has 0 bridgehead atoms. The Bertz CT molecular complexity index is 850. The monoisotopic (exact) mass is 745 g/mol. The smallest absolute Gasteiger partial charge is 0.268 e. The van der Waals surface area contributed by atoms with Crippen molar-refractivity contribution in [2.24, 2.45) is 0 Å². The zero-order valence-corrected chi connectivity index (χ0v) is 35.2. The number of unbranched alkanes of at least 4 members (excludes halogenated alkanes) is 26. The van der Waals surface area contributed by atoms with Crippen LogP contribution in [0.4, 0.5) is 0 Å². The van der Waals surface area contributed by atoms with Crippen molar-refractivity contribution in [1.82, 2.24) is 5.32 Å². The van der Waals surface area contributed by atoms with Gasteiger partial charge in [0.1, 0.15) is 13.2 Å². The Hall–Kier alpha value is -0.760. The summed E-state index contributed by atoms with van der Waals surface area (Å²) in [4.78, 5) is 25.2. The minimum Gasteiger partial charge on any atom is -0.756 e. The van der Waals surface area contributed by atoms with E-state index >= 15 is 0 Å². The number of nitrogens with one attached hydrogen (secondary N) is 1. The maximum absolute atomic E-state index is 12.8. The Kier molecular flexibility index (Phi) is 34.5. The first-order valence-corrected chi connectivity index (χ1v) is 23.0. The standard InChI is InChI=1S/C42H85N2O6P/c1-6-8-10-12-14-16-18-19-20-21-22-23-24-25-26-28-30-32-34-36-42(46)43-40(39-50-51(47,48)49-38-37-44(3,4)5)41(45)35-33-31-29-27-17-15-13-11-9-7-2/h33,35,40-41,45H,6-32,34,36-39H2,1-5H3,(H-,43,46,47,48)/b35-33+. The normalized spacial score (nSPS) is 14.6. The summed E-state index contributed by atoms with van der Waals surface area (Å²) in [5.41, 5.74) is 0. The lowest BCUT2D eigenvalue weighted by molar-refractivity contribution is -0.870. The molecule has 1 amide bonds. The second kappa shape index (κ2) is 35.0. The van der Waals surface area contributed by atoms with E-state index < -0.39 is 20.0 Å². The fourth-order valence-corrected chi connectivity index (χ4v) is 6.99. The Morgan fingerprint density at radius 3 is 1.47 bits per heavy atom. The number of rotatable bonds is 39. The highest BCUT2D eigenvalue weighted by Crippen LogP contribution is 2.38. The number of aliphatic hydroxyl groups is 1. The van der Waals surface area contributed by atoms with Crippen LogP contribution in [0, 0.1) is 0 Å². The molecule has 0 saturated carbocycles. The average Bonchev–Trinajstić information content (AvgIpc) is 3.07. The van der Waals surface area contributed by atoms with Crippen LogP contribution in [-0.2, 0) is 18.4 Å². The molecule has 2 N–H and O–H groups in total. The Morgan fingerprint density at radius 2 is 1.06 bits per heavy atom. The number of quaternary nitrogens is 1. The van der Waals surface area contributed by atoms with E-state index in [0.29, 0.717) is 17.4 Å². The van der Waals surface area contributed by atoms with Crippen molar-refractivity contribution in [2.75, 3.05) is 40.9 Å². The van der Waals surface area contributed by atoms with Gasteiger partial charge < -0.3 is 28.8 Å². The first kappa shape index (κ1) is 50.2. The molecule has 0 radical (unpaired) electrons. The van der Waals surface area contributed by atoms with Gasteiger partial charge in [-0.1, -0.05) is 187 Å². The molecule has 0 aliphatic heterocycles. The molecule has 51 heavy (non-hydrogen) atoms. The highest BCUT2D eigenvalue weighted by atomic mass is 31.2. The molecule has 3 atom stereocenters. The van der Waals surface area contributed by atoms with Gasteiger partial charge in [-0.3, -0.25) is 9.36 Å². The Labute approximate surface area is 316 Å². The lowest BCUT2D eigenvalue weighted by Gasteiger charge is -2.29. The number of carbonyl (C=O) groups excluding carboxylic acids is 1. The highest BCUT2D eigenvalue weighted by Gasteiger charge is 2.23. The summed E-state index contributed by atoms with van der Waals surface area (Å²) in [5.74, 6) is -0.197. The molecular formula is C42H85N2O6P. The van der Waals surface area contributed by atoms with Crippen molar-refractivity contribution in [3.63, 3.8) is 0 Å². The summed E-state index contributed by atoms with van der Waals surface area (Å²) in [5, 5.41) is 13.7. The highest BCUT2D eigenvalue weighted by molar-refractivity contribution is 7.45. The minimum absolute atomic E-state index is 0.00175. The predicted octanol–water partition coefficient (Wildman–Crippen LogP) is 10.9. The molecule has 0 saturated heterocycles. The molecule has 0 aromatic carbocycles. The molecule has 0 aliphatic carbocycles. The van der Waals surface area contributed by atoms with E-state index in [0.717, 1.165) is 38.5 Å². The molecule has 0 rings (SSSR count). The van der Waals surface area contributed by atoms with E-state index in [-0.39, 0.29) is 19.1 Å². The molecular weight excluding hydrogens is 659 g/mol. The number of phosphoric acid groups is 1. The summed E-state index contributed by atoms with van der Waals surface area (Å²) in [6.45, 7) is 4.63. The first-order valence-electron chi connectivity index (χ1n) is 21.6. The zero-order chi connectivity index (χ0) is 37.9. The molecule has 0 spiro atoms. The molecule has 0 aromatic heterocycles. The number of allylic oxidation sites excluding steroid dienone is 1. The third-order valence-electron chi connectivity index (χ3n) is 9.75. The third-order valence-corrected chi connectivity index (χ3v) is 10.7. The van der Waals surface area contributed by atoms with Crippen molar-refractivity contribution in [3.05, 3.63) is 12.2 Å². The predicted molar refractivity (Wildman–Crippen MR) is 215 cm³/mol. The fraction of sp³-hybridized carbons (Fsp3) is 0.929. The lowest BCUT2D eigenvalue weighted by Crippen LogP contribution is -2.45. The van der Waals surface area contributed by atoms with Gasteiger partial charge in [-0.15, -0.1) is 0 Å². The van der Waals surface area contributed by atoms with Crippen molar-refractivity contribution in [3.8, 4) is 0 Å². The van der Waals surface area contributed by atoms with E-state index in [2.05, 4.69) is 19.2 Å². The summed E-state index contributed by atoms with van der Waals surface area (Å²) < 4.78 is 23.1. The second-order valence-corrected chi connectivity index (χ2v) is 17.5. The van der Waals surface area contributed by atoms with E-state index in [1.54, 1.807) is 6.08 Å². The third kappa shape index (κ3) is 37.4. The quantitative estimate of drug-likeness (QED) is 0.0281. The zero-order valence-electron chi connectivity index (χ0n) is 34.3. The molecule has 8 nitrogen and oxygen atoms in total. The van der Waals surface area contributed by atoms with Crippen LogP contribution >= 0.6 is 7.82 Å². The van der Waals surface area contributed by atoms with Crippen LogP contribution in [0.15, 0.2) is 12.2 Å². The fourth-order valence-electron chi connectivity index (χ4n) is 6.27. The van der Waals surface area contributed by atoms with E-state index in [1.165, 1.54) is 141 Å². The summed E-state index contributed by atoms with van der Waals surface area (Å²) >= 11 is 0. The number of hydrogen-bond acceptors (Lipinski definition) is 6. The van der Waals surface area contributed by atoms with Crippen molar-refractivity contribution >= 4 is 13.7 Å². The van der Waals surface area contributed by atoms with Crippen LogP contribution in [0.5, 0.6) is 0 Å². The van der Waals surface area contributed by atoms with Crippen molar-refractivity contribution in [2.45, 2.75) is 212 Å². The summed E-state index contributed by atoms with van der Waals surface area (Å²) in [6.07, 6.45) is 38.3. The summed E-state index contributed by atoms with van der Waals surface area (Å²) in [6, 6.07) is -0.878. The van der Waals surface area contributed by atoms with Gasteiger partial charge in [-0.25, -0.2) is 0 Å². The second-order valence-electron chi connectivity index (χ2n) is 16.1. The molecule has 0 aromatic rings. The average molecular weight is 745 g/mol. The van der Waals surface area contributed by atoms with Gasteiger partial charge in [0, 0.05) is 6.42 Å². The summed E-state index contributed by atoms with van der Waals surface area (Å²) in [7, 11) is 1.27. The maximum atomic E-state index is 12.8. The van der Waals surface area contributed by atoms with Gasteiger partial charge in [0.05, 0.1) is 39.9 Å². The van der Waals surface area contributed by atoms with Gasteiger partial charge in [0.25, 0.3) is 7.82 Å². The van der Waals surface area contributed by atoms with Gasteiger partial charge >= 0.3 is 0 Å². The largest absolute Gasteiger partial charge is 0.756 e. The number of hydrogen-bond donors (Lipinski definition) is 2. The number of phosphoric ester groups is 1. The number of likely N-dealkylation sites (N-methyl/N-ethyl adjacent to an activating group) is 1. The molecule has 0 fully saturated rings. The van der Waals surface area contributed by atoms with Gasteiger partial charge in [-0.05, 0) is 19.3 Å². The van der Waals surface area contributed by atoms with E-state index in [9.17, 15) is 19.4 Å². The lowest BCUT2D eigenvalue weighted by atomic mass is 10.0. The molecule has 0 aliphatic rings. The van der Waals surface area contributed by atoms with Crippen LogP contribution in [0.1, 0.15) is 200 Å². The minimum atomic E-state index is -4.57. The van der Waals surface area contributed by atoms with Crippen molar-refractivity contribution < 1.29 is 32.9 Å².